The lowest BCUT2D eigenvalue weighted by molar-refractivity contribution is 0.0711. The van der Waals surface area contributed by atoms with Crippen LogP contribution in [-0.2, 0) is 11.3 Å². The van der Waals surface area contributed by atoms with Gasteiger partial charge in [-0.05, 0) is 12.8 Å². The fourth-order valence-corrected chi connectivity index (χ4v) is 2.18. The van der Waals surface area contributed by atoms with Crippen molar-refractivity contribution < 1.29 is 4.74 Å². The molecule has 2 fully saturated rings. The summed E-state index contributed by atoms with van der Waals surface area (Å²) < 4.78 is 7.73. The SMILES string of the molecule is c1ncn(CC2COCCN2)c1C1CC1. The molecule has 1 unspecified atom stereocenters. The van der Waals surface area contributed by atoms with Crippen LogP contribution in [0.5, 0.6) is 0 Å². The lowest BCUT2D eigenvalue weighted by Gasteiger charge is -2.24. The lowest BCUT2D eigenvalue weighted by atomic mass is 10.2. The first-order valence-corrected chi connectivity index (χ1v) is 5.74. The highest BCUT2D eigenvalue weighted by molar-refractivity contribution is 5.12. The van der Waals surface area contributed by atoms with Crippen molar-refractivity contribution in [1.82, 2.24) is 14.9 Å². The molecule has 2 heterocycles. The molecule has 1 aliphatic carbocycles. The van der Waals surface area contributed by atoms with E-state index in [0.29, 0.717) is 6.04 Å². The zero-order chi connectivity index (χ0) is 10.1. The Hall–Kier alpha value is -0.870. The minimum atomic E-state index is 0.449. The molecule has 0 bridgehead atoms. The highest BCUT2D eigenvalue weighted by Crippen LogP contribution is 2.39. The van der Waals surface area contributed by atoms with E-state index in [9.17, 15) is 0 Å². The first kappa shape index (κ1) is 9.36. The summed E-state index contributed by atoms with van der Waals surface area (Å²) in [6.45, 7) is 3.63. The Bertz CT molecular complexity index is 326. The summed E-state index contributed by atoms with van der Waals surface area (Å²) in [5.41, 5.74) is 1.40. The molecule has 4 heteroatoms. The average Bonchev–Trinajstić information content (AvgIpc) is 3.02. The zero-order valence-electron chi connectivity index (χ0n) is 8.85. The third-order valence-electron chi connectivity index (χ3n) is 3.16. The Morgan fingerprint density at radius 3 is 3.20 bits per heavy atom. The van der Waals surface area contributed by atoms with Crippen LogP contribution in [-0.4, -0.2) is 35.4 Å². The minimum absolute atomic E-state index is 0.449. The largest absolute Gasteiger partial charge is 0.378 e. The van der Waals surface area contributed by atoms with E-state index in [0.717, 1.165) is 32.2 Å². The van der Waals surface area contributed by atoms with E-state index in [1.807, 2.05) is 12.5 Å². The van der Waals surface area contributed by atoms with Gasteiger partial charge in [-0.2, -0.15) is 0 Å². The quantitative estimate of drug-likeness (QED) is 0.795. The van der Waals surface area contributed by atoms with Gasteiger partial charge < -0.3 is 14.6 Å². The third kappa shape index (κ3) is 2.06. The van der Waals surface area contributed by atoms with Gasteiger partial charge in [-0.15, -0.1) is 0 Å². The second kappa shape index (κ2) is 3.94. The molecule has 1 atom stereocenters. The molecule has 82 valence electrons. The number of nitrogens with zero attached hydrogens (tertiary/aromatic N) is 2. The van der Waals surface area contributed by atoms with E-state index >= 15 is 0 Å². The van der Waals surface area contributed by atoms with Crippen molar-refractivity contribution in [2.45, 2.75) is 31.3 Å². The van der Waals surface area contributed by atoms with Crippen molar-refractivity contribution >= 4 is 0 Å². The van der Waals surface area contributed by atoms with Crippen molar-refractivity contribution in [3.63, 3.8) is 0 Å². The summed E-state index contributed by atoms with van der Waals surface area (Å²) in [4.78, 5) is 4.24. The van der Waals surface area contributed by atoms with Crippen molar-refractivity contribution in [3.8, 4) is 0 Å². The molecule has 1 aromatic heterocycles. The van der Waals surface area contributed by atoms with Crippen LogP contribution < -0.4 is 5.32 Å². The molecule has 0 amide bonds. The Morgan fingerprint density at radius 2 is 2.47 bits per heavy atom. The van der Waals surface area contributed by atoms with Crippen molar-refractivity contribution in [1.29, 1.82) is 0 Å². The number of imidazole rings is 1. The fourth-order valence-electron chi connectivity index (χ4n) is 2.18. The zero-order valence-corrected chi connectivity index (χ0v) is 8.85. The molecule has 0 spiro atoms. The van der Waals surface area contributed by atoms with E-state index in [4.69, 9.17) is 4.74 Å². The van der Waals surface area contributed by atoms with Crippen molar-refractivity contribution in [3.05, 3.63) is 18.2 Å². The highest BCUT2D eigenvalue weighted by Gasteiger charge is 2.27. The molecule has 1 aliphatic heterocycles. The molecular formula is C11H17N3O. The molecule has 4 nitrogen and oxygen atoms in total. The maximum Gasteiger partial charge on any atom is 0.0948 e. The van der Waals surface area contributed by atoms with Crippen LogP contribution in [0.4, 0.5) is 0 Å². The van der Waals surface area contributed by atoms with Gasteiger partial charge in [0.15, 0.2) is 0 Å². The van der Waals surface area contributed by atoms with Crippen LogP contribution in [0.25, 0.3) is 0 Å². The molecule has 0 radical (unpaired) electrons. The number of hydrogen-bond donors (Lipinski definition) is 1. The molecule has 1 saturated carbocycles. The molecule has 1 aromatic rings. The van der Waals surface area contributed by atoms with Crippen LogP contribution in [0.3, 0.4) is 0 Å². The van der Waals surface area contributed by atoms with E-state index in [-0.39, 0.29) is 0 Å². The Labute approximate surface area is 89.6 Å². The highest BCUT2D eigenvalue weighted by atomic mass is 16.5. The van der Waals surface area contributed by atoms with Gasteiger partial charge in [0.25, 0.3) is 0 Å². The molecule has 2 aliphatic rings. The maximum atomic E-state index is 5.45. The van der Waals surface area contributed by atoms with Crippen LogP contribution >= 0.6 is 0 Å². The standard InChI is InChI=1S/C11H17N3O/c1-2-9(1)11-5-12-8-14(11)6-10-7-15-4-3-13-10/h5,8-10,13H,1-4,6-7H2. The molecule has 3 rings (SSSR count). The summed E-state index contributed by atoms with van der Waals surface area (Å²) >= 11 is 0. The summed E-state index contributed by atoms with van der Waals surface area (Å²) in [6, 6.07) is 0.449. The maximum absolute atomic E-state index is 5.45. The summed E-state index contributed by atoms with van der Waals surface area (Å²) in [5.74, 6) is 0.775. The van der Waals surface area contributed by atoms with E-state index in [1.54, 1.807) is 0 Å². The fraction of sp³-hybridized carbons (Fsp3) is 0.727. The molecule has 0 aromatic carbocycles. The average molecular weight is 207 g/mol. The van der Waals surface area contributed by atoms with Crippen LogP contribution in [0, 0.1) is 0 Å². The van der Waals surface area contributed by atoms with E-state index in [1.165, 1.54) is 18.5 Å². The number of morpholine rings is 1. The number of ether oxygens (including phenoxy) is 1. The normalized spacial score (nSPS) is 26.8. The van der Waals surface area contributed by atoms with E-state index < -0.39 is 0 Å². The monoisotopic (exact) mass is 207 g/mol. The predicted octanol–water partition coefficient (Wildman–Crippen LogP) is 0.749. The first-order valence-electron chi connectivity index (χ1n) is 5.74. The van der Waals surface area contributed by atoms with Gasteiger partial charge in [-0.3, -0.25) is 0 Å². The minimum Gasteiger partial charge on any atom is -0.378 e. The number of hydrogen-bond acceptors (Lipinski definition) is 3. The smallest absolute Gasteiger partial charge is 0.0948 e. The van der Waals surface area contributed by atoms with Crippen molar-refractivity contribution in [2.75, 3.05) is 19.8 Å². The number of nitrogens with one attached hydrogen (secondary N) is 1. The number of rotatable bonds is 3. The van der Waals surface area contributed by atoms with Gasteiger partial charge >= 0.3 is 0 Å². The van der Waals surface area contributed by atoms with Gasteiger partial charge in [0.1, 0.15) is 0 Å². The van der Waals surface area contributed by atoms with Crippen LogP contribution in [0.15, 0.2) is 12.5 Å². The topological polar surface area (TPSA) is 39.1 Å². The summed E-state index contributed by atoms with van der Waals surface area (Å²) in [7, 11) is 0. The van der Waals surface area contributed by atoms with Crippen LogP contribution in [0.2, 0.25) is 0 Å². The lowest BCUT2D eigenvalue weighted by Crippen LogP contribution is -2.43. The Morgan fingerprint density at radius 1 is 1.53 bits per heavy atom. The second-order valence-electron chi connectivity index (χ2n) is 4.47. The van der Waals surface area contributed by atoms with Gasteiger partial charge in [-0.25, -0.2) is 4.98 Å². The number of aromatic nitrogens is 2. The summed E-state index contributed by atoms with van der Waals surface area (Å²) in [5, 5.41) is 3.47. The molecular weight excluding hydrogens is 190 g/mol. The van der Waals surface area contributed by atoms with Gasteiger partial charge in [0.2, 0.25) is 0 Å². The van der Waals surface area contributed by atoms with Gasteiger partial charge in [-0.1, -0.05) is 0 Å². The molecule has 15 heavy (non-hydrogen) atoms. The molecule has 1 saturated heterocycles. The Balaban J connectivity index is 1.67. The second-order valence-corrected chi connectivity index (χ2v) is 4.47. The predicted molar refractivity (Wildman–Crippen MR) is 56.8 cm³/mol. The molecule has 1 N–H and O–H groups in total. The van der Waals surface area contributed by atoms with Gasteiger partial charge in [0.05, 0.1) is 19.5 Å². The Kier molecular flexibility index (Phi) is 2.46. The third-order valence-corrected chi connectivity index (χ3v) is 3.16. The first-order chi connectivity index (χ1) is 7.43. The van der Waals surface area contributed by atoms with Crippen LogP contribution in [0.1, 0.15) is 24.5 Å². The van der Waals surface area contributed by atoms with Gasteiger partial charge in [0, 0.05) is 36.9 Å². The summed E-state index contributed by atoms with van der Waals surface area (Å²) in [6.07, 6.45) is 6.63. The van der Waals surface area contributed by atoms with Crippen molar-refractivity contribution in [2.24, 2.45) is 0 Å². The van der Waals surface area contributed by atoms with E-state index in [2.05, 4.69) is 14.9 Å².